The van der Waals surface area contributed by atoms with Crippen LogP contribution < -0.4 is 0 Å². The topological polar surface area (TPSA) is 17.1 Å². The molecule has 0 aromatic heterocycles. The highest BCUT2D eigenvalue weighted by Crippen LogP contribution is 2.07. The first kappa shape index (κ1) is 11.8. The lowest BCUT2D eigenvalue weighted by atomic mass is 10.1. The van der Waals surface area contributed by atoms with Crippen LogP contribution >= 0.6 is 35.2 Å². The van der Waals surface area contributed by atoms with Crippen LogP contribution in [0.3, 0.4) is 0 Å². The zero-order valence-corrected chi connectivity index (χ0v) is 9.74. The first-order valence-electron chi connectivity index (χ1n) is 4.05. The molecule has 0 aliphatic heterocycles. The number of unbranched alkanes of at least 4 members (excludes halogenated alkanes) is 4. The molecule has 0 radical (unpaired) electrons. The van der Waals surface area contributed by atoms with E-state index in [2.05, 4.69) is 35.2 Å². The third-order valence-electron chi connectivity index (χ3n) is 1.52. The lowest BCUT2D eigenvalue weighted by Gasteiger charge is -1.96. The summed E-state index contributed by atoms with van der Waals surface area (Å²) < 4.78 is 1.25. The standard InChI is InChI=1S/C8H15IOS/c9-7-5-3-1-2-4-6-8(10)11/h1-7H2,(H,10,11). The van der Waals surface area contributed by atoms with E-state index in [9.17, 15) is 4.79 Å². The van der Waals surface area contributed by atoms with E-state index >= 15 is 0 Å². The summed E-state index contributed by atoms with van der Waals surface area (Å²) in [5.41, 5.74) is 0. The molecule has 0 bridgehead atoms. The molecule has 66 valence electrons. The third kappa shape index (κ3) is 10.8. The van der Waals surface area contributed by atoms with Gasteiger partial charge in [-0.1, -0.05) is 41.9 Å². The zero-order chi connectivity index (χ0) is 8.53. The van der Waals surface area contributed by atoms with Gasteiger partial charge < -0.3 is 0 Å². The molecule has 11 heavy (non-hydrogen) atoms. The van der Waals surface area contributed by atoms with Gasteiger partial charge in [-0.25, -0.2) is 0 Å². The van der Waals surface area contributed by atoms with E-state index in [1.165, 1.54) is 30.1 Å². The maximum absolute atomic E-state index is 10.4. The molecule has 0 atom stereocenters. The predicted octanol–water partition coefficient (Wildman–Crippen LogP) is 3.22. The Bertz CT molecular complexity index is 106. The van der Waals surface area contributed by atoms with Crippen molar-refractivity contribution in [3.8, 4) is 0 Å². The van der Waals surface area contributed by atoms with Gasteiger partial charge in [0, 0.05) is 6.42 Å². The Morgan fingerprint density at radius 1 is 1.09 bits per heavy atom. The molecule has 0 saturated carbocycles. The lowest BCUT2D eigenvalue weighted by Crippen LogP contribution is -1.86. The molecular formula is C8H15IOS. The smallest absolute Gasteiger partial charge is 0.185 e. The summed E-state index contributed by atoms with van der Waals surface area (Å²) in [4.78, 5) is 10.4. The molecule has 0 saturated heterocycles. The maximum Gasteiger partial charge on any atom is 0.185 e. The molecule has 0 aromatic carbocycles. The maximum atomic E-state index is 10.4. The fourth-order valence-electron chi connectivity index (χ4n) is 0.901. The van der Waals surface area contributed by atoms with Gasteiger partial charge in [0.2, 0.25) is 0 Å². The van der Waals surface area contributed by atoms with Crippen LogP contribution in [0.5, 0.6) is 0 Å². The van der Waals surface area contributed by atoms with Gasteiger partial charge >= 0.3 is 0 Å². The van der Waals surface area contributed by atoms with Gasteiger partial charge in [0.1, 0.15) is 0 Å². The molecule has 3 heteroatoms. The molecule has 0 heterocycles. The molecule has 0 rings (SSSR count). The SMILES string of the molecule is O=C(S)CCCCCCCI. The van der Waals surface area contributed by atoms with Crippen LogP contribution in [-0.4, -0.2) is 9.54 Å². The van der Waals surface area contributed by atoms with Crippen molar-refractivity contribution in [3.63, 3.8) is 0 Å². The van der Waals surface area contributed by atoms with Gasteiger partial charge in [-0.2, -0.15) is 0 Å². The summed E-state index contributed by atoms with van der Waals surface area (Å²) in [6.45, 7) is 0. The van der Waals surface area contributed by atoms with Crippen LogP contribution in [0.4, 0.5) is 0 Å². The molecule has 0 aliphatic rings. The quantitative estimate of drug-likeness (QED) is 0.329. The summed E-state index contributed by atoms with van der Waals surface area (Å²) in [5.74, 6) is 0. The summed E-state index contributed by atoms with van der Waals surface area (Å²) in [5, 5.41) is 0.0268. The number of alkyl halides is 1. The monoisotopic (exact) mass is 286 g/mol. The molecule has 0 unspecified atom stereocenters. The van der Waals surface area contributed by atoms with E-state index in [0.717, 1.165) is 6.42 Å². The second-order valence-corrected chi connectivity index (χ2v) is 4.18. The van der Waals surface area contributed by atoms with E-state index in [0.29, 0.717) is 6.42 Å². The van der Waals surface area contributed by atoms with Crippen molar-refractivity contribution in [3.05, 3.63) is 0 Å². The highest BCUT2D eigenvalue weighted by molar-refractivity contribution is 14.1. The normalized spacial score (nSPS) is 10.0. The van der Waals surface area contributed by atoms with Gasteiger partial charge in [0.25, 0.3) is 0 Å². The van der Waals surface area contributed by atoms with Gasteiger partial charge in [-0.3, -0.25) is 4.79 Å². The fourth-order valence-corrected chi connectivity index (χ4v) is 1.60. The van der Waals surface area contributed by atoms with E-state index in [-0.39, 0.29) is 5.12 Å². The van der Waals surface area contributed by atoms with Crippen molar-refractivity contribution < 1.29 is 4.79 Å². The fraction of sp³-hybridized carbons (Fsp3) is 0.875. The largest absolute Gasteiger partial charge is 0.288 e. The van der Waals surface area contributed by atoms with E-state index in [4.69, 9.17) is 0 Å². The number of carbonyl (C=O) groups is 1. The number of halogens is 1. The Balaban J connectivity index is 2.85. The van der Waals surface area contributed by atoms with Crippen molar-refractivity contribution in [1.29, 1.82) is 0 Å². The van der Waals surface area contributed by atoms with E-state index in [1.807, 2.05) is 0 Å². The third-order valence-corrected chi connectivity index (χ3v) is 2.51. The van der Waals surface area contributed by atoms with E-state index in [1.54, 1.807) is 0 Å². The molecule has 0 aromatic rings. The minimum Gasteiger partial charge on any atom is -0.288 e. The average molecular weight is 286 g/mol. The van der Waals surface area contributed by atoms with Crippen molar-refractivity contribution in [1.82, 2.24) is 0 Å². The lowest BCUT2D eigenvalue weighted by molar-refractivity contribution is -0.110. The first-order chi connectivity index (χ1) is 5.27. The number of thiol groups is 1. The van der Waals surface area contributed by atoms with Crippen molar-refractivity contribution in [2.45, 2.75) is 38.5 Å². The Morgan fingerprint density at radius 3 is 2.18 bits per heavy atom. The van der Waals surface area contributed by atoms with Gasteiger partial charge in [0.15, 0.2) is 5.12 Å². The second-order valence-electron chi connectivity index (χ2n) is 2.60. The van der Waals surface area contributed by atoms with Crippen LogP contribution in [0.2, 0.25) is 0 Å². The predicted molar refractivity (Wildman–Crippen MR) is 60.6 cm³/mol. The minimum absolute atomic E-state index is 0.0268. The van der Waals surface area contributed by atoms with Gasteiger partial charge in [0.05, 0.1) is 0 Å². The van der Waals surface area contributed by atoms with Crippen molar-refractivity contribution >= 4 is 40.3 Å². The van der Waals surface area contributed by atoms with Crippen LogP contribution in [-0.2, 0) is 4.79 Å². The van der Waals surface area contributed by atoms with Gasteiger partial charge in [-0.15, -0.1) is 12.6 Å². The molecule has 0 N–H and O–H groups in total. The van der Waals surface area contributed by atoms with E-state index < -0.39 is 0 Å². The molecular weight excluding hydrogens is 271 g/mol. The Kier molecular flexibility index (Phi) is 9.45. The number of hydrogen-bond donors (Lipinski definition) is 1. The second kappa shape index (κ2) is 8.84. The molecule has 0 spiro atoms. The summed E-state index contributed by atoms with van der Waals surface area (Å²) >= 11 is 6.09. The van der Waals surface area contributed by atoms with Gasteiger partial charge in [-0.05, 0) is 17.3 Å². The van der Waals surface area contributed by atoms with Crippen molar-refractivity contribution in [2.75, 3.05) is 4.43 Å². The highest BCUT2D eigenvalue weighted by atomic mass is 127. The highest BCUT2D eigenvalue weighted by Gasteiger charge is 1.93. The number of carbonyl (C=O) groups excluding carboxylic acids is 1. The average Bonchev–Trinajstić information content (AvgIpc) is 1.96. The van der Waals surface area contributed by atoms with Crippen LogP contribution in [0.1, 0.15) is 38.5 Å². The van der Waals surface area contributed by atoms with Crippen LogP contribution in [0, 0.1) is 0 Å². The number of rotatable bonds is 7. The molecule has 0 aliphatic carbocycles. The summed E-state index contributed by atoms with van der Waals surface area (Å²) in [6, 6.07) is 0. The first-order valence-corrected chi connectivity index (χ1v) is 6.02. The summed E-state index contributed by atoms with van der Waals surface area (Å²) in [6.07, 6.45) is 6.74. The van der Waals surface area contributed by atoms with Crippen LogP contribution in [0.25, 0.3) is 0 Å². The Hall–Kier alpha value is 0.750. The zero-order valence-electron chi connectivity index (χ0n) is 6.68. The molecule has 0 amide bonds. The van der Waals surface area contributed by atoms with Crippen molar-refractivity contribution in [2.24, 2.45) is 0 Å². The summed E-state index contributed by atoms with van der Waals surface area (Å²) in [7, 11) is 0. The molecule has 0 fully saturated rings. The van der Waals surface area contributed by atoms with Crippen LogP contribution in [0.15, 0.2) is 0 Å². The molecule has 1 nitrogen and oxygen atoms in total. The minimum atomic E-state index is 0.0268. The number of hydrogen-bond acceptors (Lipinski definition) is 1. The Morgan fingerprint density at radius 2 is 1.64 bits per heavy atom. The Labute approximate surface area is 87.9 Å².